The van der Waals surface area contributed by atoms with Gasteiger partial charge in [0.1, 0.15) is 5.69 Å². The molecular weight excluding hydrogens is 457 g/mol. The van der Waals surface area contributed by atoms with Crippen LogP contribution in [0.15, 0.2) is 24.4 Å². The molecule has 0 radical (unpaired) electrons. The molecule has 0 saturated carbocycles. The van der Waals surface area contributed by atoms with Crippen molar-refractivity contribution in [2.24, 2.45) is 0 Å². The Morgan fingerprint density at radius 3 is 2.77 bits per heavy atom. The van der Waals surface area contributed by atoms with E-state index in [2.05, 4.69) is 10.00 Å². The molecule has 1 aliphatic rings. The minimum atomic E-state index is -0.0795. The van der Waals surface area contributed by atoms with Gasteiger partial charge in [-0.2, -0.15) is 5.10 Å². The summed E-state index contributed by atoms with van der Waals surface area (Å²) in [6.45, 7) is 9.56. The number of fused-ring (bicyclic) bond motifs is 1. The van der Waals surface area contributed by atoms with Gasteiger partial charge in [0, 0.05) is 38.9 Å². The van der Waals surface area contributed by atoms with E-state index in [0.717, 1.165) is 55.0 Å². The van der Waals surface area contributed by atoms with Crippen LogP contribution in [-0.4, -0.2) is 65.0 Å². The molecule has 1 saturated heterocycles. The summed E-state index contributed by atoms with van der Waals surface area (Å²) in [4.78, 5) is 22.4. The maximum Gasteiger partial charge on any atom is 0.278 e. The first-order valence-corrected chi connectivity index (χ1v) is 11.5. The second kappa shape index (κ2) is 10.7. The van der Waals surface area contributed by atoms with Crippen LogP contribution in [0.4, 0.5) is 5.13 Å². The molecule has 10 heteroatoms. The Bertz CT molecular complexity index is 993. The zero-order valence-electron chi connectivity index (χ0n) is 17.7. The number of aromatic nitrogens is 3. The molecule has 4 rings (SSSR count). The van der Waals surface area contributed by atoms with Gasteiger partial charge in [-0.25, -0.2) is 4.98 Å². The minimum absolute atomic E-state index is 0. The van der Waals surface area contributed by atoms with E-state index in [1.807, 2.05) is 26.0 Å². The molecule has 0 bridgehead atoms. The molecule has 0 spiro atoms. The van der Waals surface area contributed by atoms with Crippen molar-refractivity contribution in [2.75, 3.05) is 44.3 Å². The Labute approximate surface area is 197 Å². The van der Waals surface area contributed by atoms with Crippen LogP contribution < -0.4 is 4.90 Å². The number of morpholine rings is 1. The smallest absolute Gasteiger partial charge is 0.278 e. The molecule has 31 heavy (non-hydrogen) atoms. The number of anilines is 1. The van der Waals surface area contributed by atoms with E-state index in [9.17, 15) is 4.79 Å². The van der Waals surface area contributed by atoms with Crippen LogP contribution in [0.2, 0.25) is 5.02 Å². The van der Waals surface area contributed by atoms with Crippen LogP contribution >= 0.6 is 35.3 Å². The number of amides is 1. The number of ether oxygens (including phenoxy) is 1. The summed E-state index contributed by atoms with van der Waals surface area (Å²) in [5.41, 5.74) is 2.49. The summed E-state index contributed by atoms with van der Waals surface area (Å²) in [7, 11) is 0. The maximum atomic E-state index is 13.5. The summed E-state index contributed by atoms with van der Waals surface area (Å²) < 4.78 is 8.07. The van der Waals surface area contributed by atoms with Gasteiger partial charge in [-0.15, -0.1) is 12.4 Å². The Balaban J connectivity index is 0.00000272. The van der Waals surface area contributed by atoms with Crippen molar-refractivity contribution < 1.29 is 9.53 Å². The number of hydrogen-bond donors (Lipinski definition) is 0. The van der Waals surface area contributed by atoms with Crippen LogP contribution in [0.1, 0.15) is 29.4 Å². The van der Waals surface area contributed by atoms with Crippen molar-refractivity contribution in [1.29, 1.82) is 0 Å². The van der Waals surface area contributed by atoms with Crippen molar-refractivity contribution in [3.63, 3.8) is 0 Å². The summed E-state index contributed by atoms with van der Waals surface area (Å²) >= 11 is 7.88. The average molecular weight is 484 g/mol. The van der Waals surface area contributed by atoms with Gasteiger partial charge in [0.05, 0.1) is 28.5 Å². The summed E-state index contributed by atoms with van der Waals surface area (Å²) in [5.74, 6) is -0.0795. The predicted octanol–water partition coefficient (Wildman–Crippen LogP) is 4.27. The highest BCUT2D eigenvalue weighted by atomic mass is 35.5. The fourth-order valence-corrected chi connectivity index (χ4v) is 5.01. The van der Waals surface area contributed by atoms with E-state index in [4.69, 9.17) is 21.3 Å². The Hall–Kier alpha value is -1.71. The number of carbonyl (C=O) groups excluding carboxylic acids is 1. The van der Waals surface area contributed by atoms with Crippen LogP contribution in [0, 0.1) is 6.92 Å². The molecule has 1 amide bonds. The number of halogens is 2. The highest BCUT2D eigenvalue weighted by Crippen LogP contribution is 2.36. The number of nitrogens with zero attached hydrogens (tertiary/aromatic N) is 5. The lowest BCUT2D eigenvalue weighted by Gasteiger charge is -2.27. The van der Waals surface area contributed by atoms with Crippen LogP contribution in [0.25, 0.3) is 10.2 Å². The first-order valence-electron chi connectivity index (χ1n) is 10.3. The Kier molecular flexibility index (Phi) is 8.30. The number of thiazole rings is 1. The molecule has 1 aromatic carbocycles. The van der Waals surface area contributed by atoms with Crippen molar-refractivity contribution in [3.8, 4) is 0 Å². The Morgan fingerprint density at radius 2 is 2.06 bits per heavy atom. The largest absolute Gasteiger partial charge is 0.379 e. The summed E-state index contributed by atoms with van der Waals surface area (Å²) in [6.07, 6.45) is 2.52. The second-order valence-corrected chi connectivity index (χ2v) is 8.72. The van der Waals surface area contributed by atoms with Crippen molar-refractivity contribution in [1.82, 2.24) is 19.7 Å². The van der Waals surface area contributed by atoms with Gasteiger partial charge in [-0.3, -0.25) is 19.3 Å². The molecule has 1 aliphatic heterocycles. The minimum Gasteiger partial charge on any atom is -0.379 e. The summed E-state index contributed by atoms with van der Waals surface area (Å²) in [5, 5.41) is 5.61. The van der Waals surface area contributed by atoms with E-state index in [1.165, 1.54) is 11.3 Å². The van der Waals surface area contributed by atoms with Gasteiger partial charge in [0.15, 0.2) is 5.13 Å². The number of benzene rings is 1. The standard InChI is InChI=1S/C21H26ClN5O2S.ClH/c1-3-27-17(7-8-23-27)20(28)26(10-4-9-25-11-13-29-14-12-25)21-24-18-15(2)5-6-16(22)19(18)30-21;/h5-8H,3-4,9-14H2,1-2H3;1H. The van der Waals surface area contributed by atoms with E-state index >= 15 is 0 Å². The zero-order valence-corrected chi connectivity index (χ0v) is 20.1. The molecule has 3 heterocycles. The molecule has 0 unspecified atom stereocenters. The van der Waals surface area contributed by atoms with Gasteiger partial charge >= 0.3 is 0 Å². The molecule has 0 aliphatic carbocycles. The third-order valence-corrected chi connectivity index (χ3v) is 6.90. The zero-order chi connectivity index (χ0) is 21.1. The van der Waals surface area contributed by atoms with Crippen LogP contribution in [0.3, 0.4) is 0 Å². The molecule has 1 fully saturated rings. The fourth-order valence-electron chi connectivity index (χ4n) is 3.67. The summed E-state index contributed by atoms with van der Waals surface area (Å²) in [6, 6.07) is 5.62. The molecule has 3 aromatic rings. The first kappa shape index (κ1) is 23.9. The van der Waals surface area contributed by atoms with Crippen LogP contribution in [-0.2, 0) is 11.3 Å². The number of hydrogen-bond acceptors (Lipinski definition) is 6. The van der Waals surface area contributed by atoms with Gasteiger partial charge < -0.3 is 4.74 Å². The van der Waals surface area contributed by atoms with Crippen molar-refractivity contribution in [3.05, 3.63) is 40.7 Å². The third-order valence-electron chi connectivity index (χ3n) is 5.36. The molecular formula is C21H27Cl2N5O2S. The molecule has 0 atom stereocenters. The first-order chi connectivity index (χ1) is 14.6. The predicted molar refractivity (Wildman–Crippen MR) is 128 cm³/mol. The topological polar surface area (TPSA) is 63.5 Å². The number of carbonyl (C=O) groups is 1. The van der Waals surface area contributed by atoms with E-state index in [0.29, 0.717) is 28.9 Å². The quantitative estimate of drug-likeness (QED) is 0.502. The molecule has 0 N–H and O–H groups in total. The third kappa shape index (κ3) is 5.21. The molecule has 168 valence electrons. The highest BCUT2D eigenvalue weighted by molar-refractivity contribution is 7.23. The van der Waals surface area contributed by atoms with E-state index in [1.54, 1.807) is 21.8 Å². The van der Waals surface area contributed by atoms with E-state index < -0.39 is 0 Å². The van der Waals surface area contributed by atoms with Crippen molar-refractivity contribution >= 4 is 56.6 Å². The fraction of sp³-hybridized carbons (Fsp3) is 0.476. The van der Waals surface area contributed by atoms with Crippen molar-refractivity contribution in [2.45, 2.75) is 26.8 Å². The monoisotopic (exact) mass is 483 g/mol. The second-order valence-electron chi connectivity index (χ2n) is 7.34. The molecule has 2 aromatic heterocycles. The van der Waals surface area contributed by atoms with Gasteiger partial charge in [0.2, 0.25) is 0 Å². The molecule has 7 nitrogen and oxygen atoms in total. The van der Waals surface area contributed by atoms with Gasteiger partial charge in [-0.05, 0) is 38.0 Å². The lowest BCUT2D eigenvalue weighted by molar-refractivity contribution is 0.0376. The average Bonchev–Trinajstić information content (AvgIpc) is 3.42. The Morgan fingerprint density at radius 1 is 1.29 bits per heavy atom. The number of rotatable bonds is 7. The maximum absolute atomic E-state index is 13.5. The highest BCUT2D eigenvalue weighted by Gasteiger charge is 2.25. The van der Waals surface area contributed by atoms with Gasteiger partial charge in [-0.1, -0.05) is 29.0 Å². The lowest BCUT2D eigenvalue weighted by atomic mass is 10.2. The number of aryl methyl sites for hydroxylation is 2. The SMILES string of the molecule is CCn1nccc1C(=O)N(CCCN1CCOCC1)c1nc2c(C)ccc(Cl)c2s1.Cl. The van der Waals surface area contributed by atoms with Crippen LogP contribution in [0.5, 0.6) is 0 Å². The normalized spacial score (nSPS) is 14.5. The lowest BCUT2D eigenvalue weighted by Crippen LogP contribution is -2.39. The van der Waals surface area contributed by atoms with E-state index in [-0.39, 0.29) is 18.3 Å². The van der Waals surface area contributed by atoms with Gasteiger partial charge in [0.25, 0.3) is 5.91 Å².